The standard InChI is InChI=1S/C44H85NO3/c1-3-5-7-9-11-13-15-17-19-20-21-22-23-24-26-28-30-32-34-36-38-40-44(48)45-42(41-46)43(47)39-37-35-33-31-29-27-25-18-16-14-12-10-8-6-4-2/h15,17,20-21,42-43,46-47H,3-14,16,18-19,22-41H2,1-2H3,(H,45,48)/b17-15-,21-20-. The van der Waals surface area contributed by atoms with Crippen molar-refractivity contribution in [1.29, 1.82) is 0 Å². The fourth-order valence-electron chi connectivity index (χ4n) is 6.63. The first kappa shape index (κ1) is 46.9. The van der Waals surface area contributed by atoms with E-state index in [0.717, 1.165) is 32.1 Å². The van der Waals surface area contributed by atoms with Crippen LogP contribution in [0.2, 0.25) is 0 Å². The monoisotopic (exact) mass is 676 g/mol. The van der Waals surface area contributed by atoms with Crippen LogP contribution in [0.5, 0.6) is 0 Å². The highest BCUT2D eigenvalue weighted by molar-refractivity contribution is 5.76. The summed E-state index contributed by atoms with van der Waals surface area (Å²) in [6.45, 7) is 4.35. The van der Waals surface area contributed by atoms with E-state index in [4.69, 9.17) is 0 Å². The highest BCUT2D eigenvalue weighted by atomic mass is 16.3. The average Bonchev–Trinajstić information content (AvgIpc) is 3.09. The van der Waals surface area contributed by atoms with Gasteiger partial charge in [-0.2, -0.15) is 0 Å². The van der Waals surface area contributed by atoms with Crippen molar-refractivity contribution in [2.45, 2.75) is 244 Å². The van der Waals surface area contributed by atoms with E-state index in [1.165, 1.54) is 173 Å². The van der Waals surface area contributed by atoms with Crippen LogP contribution in [0.25, 0.3) is 0 Å². The first-order valence-corrected chi connectivity index (χ1v) is 21.5. The molecule has 0 aromatic rings. The Morgan fingerprint density at radius 3 is 1.25 bits per heavy atom. The maximum Gasteiger partial charge on any atom is 0.220 e. The van der Waals surface area contributed by atoms with E-state index in [-0.39, 0.29) is 12.5 Å². The molecule has 0 radical (unpaired) electrons. The molecule has 0 aliphatic rings. The number of carbonyl (C=O) groups excluding carboxylic acids is 1. The predicted molar refractivity (Wildman–Crippen MR) is 212 cm³/mol. The molecule has 0 rings (SSSR count). The summed E-state index contributed by atoms with van der Waals surface area (Å²) in [5, 5.41) is 23.1. The molecule has 0 saturated heterocycles. The highest BCUT2D eigenvalue weighted by Crippen LogP contribution is 2.16. The van der Waals surface area contributed by atoms with Gasteiger partial charge in [-0.1, -0.05) is 205 Å². The zero-order valence-corrected chi connectivity index (χ0v) is 32.5. The lowest BCUT2D eigenvalue weighted by atomic mass is 10.0. The van der Waals surface area contributed by atoms with Crippen molar-refractivity contribution in [3.8, 4) is 0 Å². The Labute approximate surface area is 300 Å². The van der Waals surface area contributed by atoms with Crippen LogP contribution in [0.1, 0.15) is 232 Å². The summed E-state index contributed by atoms with van der Waals surface area (Å²) in [5.41, 5.74) is 0. The number of amides is 1. The van der Waals surface area contributed by atoms with E-state index in [0.29, 0.717) is 12.8 Å². The van der Waals surface area contributed by atoms with Crippen LogP contribution in [-0.4, -0.2) is 34.9 Å². The molecular weight excluding hydrogens is 590 g/mol. The van der Waals surface area contributed by atoms with E-state index in [1.54, 1.807) is 0 Å². The zero-order chi connectivity index (χ0) is 35.0. The number of hydrogen-bond donors (Lipinski definition) is 3. The number of allylic oxidation sites excluding steroid dienone is 4. The first-order valence-electron chi connectivity index (χ1n) is 21.5. The quantitative estimate of drug-likeness (QED) is 0.0448. The van der Waals surface area contributed by atoms with Crippen LogP contribution in [0.4, 0.5) is 0 Å². The summed E-state index contributed by atoms with van der Waals surface area (Å²) in [5.74, 6) is -0.0348. The van der Waals surface area contributed by atoms with E-state index < -0.39 is 12.1 Å². The van der Waals surface area contributed by atoms with Gasteiger partial charge in [0.1, 0.15) is 0 Å². The van der Waals surface area contributed by atoms with Crippen molar-refractivity contribution in [1.82, 2.24) is 5.32 Å². The third-order valence-electron chi connectivity index (χ3n) is 9.97. The van der Waals surface area contributed by atoms with Crippen molar-refractivity contribution in [3.05, 3.63) is 24.3 Å². The van der Waals surface area contributed by atoms with Gasteiger partial charge in [0.05, 0.1) is 18.8 Å². The third kappa shape index (κ3) is 36.2. The van der Waals surface area contributed by atoms with Crippen molar-refractivity contribution < 1.29 is 15.0 Å². The van der Waals surface area contributed by atoms with Crippen LogP contribution in [0.15, 0.2) is 24.3 Å². The van der Waals surface area contributed by atoms with E-state index in [9.17, 15) is 15.0 Å². The third-order valence-corrected chi connectivity index (χ3v) is 9.97. The second-order valence-electron chi connectivity index (χ2n) is 14.8. The van der Waals surface area contributed by atoms with Crippen molar-refractivity contribution >= 4 is 5.91 Å². The second kappa shape index (κ2) is 40.3. The summed E-state index contributed by atoms with van der Waals surface area (Å²) >= 11 is 0. The molecule has 0 aliphatic carbocycles. The Hall–Kier alpha value is -1.13. The lowest BCUT2D eigenvalue weighted by Crippen LogP contribution is -2.45. The number of rotatable bonds is 39. The van der Waals surface area contributed by atoms with Crippen molar-refractivity contribution in [2.75, 3.05) is 6.61 Å². The molecule has 2 unspecified atom stereocenters. The van der Waals surface area contributed by atoms with Crippen molar-refractivity contribution in [2.24, 2.45) is 0 Å². The van der Waals surface area contributed by atoms with Gasteiger partial charge in [0.15, 0.2) is 0 Å². The van der Waals surface area contributed by atoms with Gasteiger partial charge in [-0.05, 0) is 44.9 Å². The largest absolute Gasteiger partial charge is 0.394 e. The fraction of sp³-hybridized carbons (Fsp3) is 0.886. The van der Waals surface area contributed by atoms with Gasteiger partial charge in [0.2, 0.25) is 5.91 Å². The number of nitrogens with one attached hydrogen (secondary N) is 1. The number of hydrogen-bond acceptors (Lipinski definition) is 3. The molecular formula is C44H85NO3. The number of unbranched alkanes of at least 4 members (excludes halogenated alkanes) is 28. The topological polar surface area (TPSA) is 69.6 Å². The number of aliphatic hydroxyl groups excluding tert-OH is 2. The molecule has 0 aromatic heterocycles. The second-order valence-corrected chi connectivity index (χ2v) is 14.8. The summed E-state index contributed by atoms with van der Waals surface area (Å²) < 4.78 is 0. The Morgan fingerprint density at radius 2 is 0.854 bits per heavy atom. The van der Waals surface area contributed by atoms with Crippen LogP contribution in [-0.2, 0) is 4.79 Å². The molecule has 4 nitrogen and oxygen atoms in total. The van der Waals surface area contributed by atoms with Gasteiger partial charge >= 0.3 is 0 Å². The first-order chi connectivity index (χ1) is 23.7. The Kier molecular flexibility index (Phi) is 39.4. The molecule has 0 bridgehead atoms. The van der Waals surface area contributed by atoms with Crippen LogP contribution in [0, 0.1) is 0 Å². The summed E-state index contributed by atoms with van der Waals surface area (Å²) in [7, 11) is 0. The van der Waals surface area contributed by atoms with Crippen LogP contribution in [0.3, 0.4) is 0 Å². The Balaban J connectivity index is 3.52. The van der Waals surface area contributed by atoms with Gasteiger partial charge in [-0.15, -0.1) is 0 Å². The van der Waals surface area contributed by atoms with Gasteiger partial charge in [0, 0.05) is 6.42 Å². The Morgan fingerprint density at radius 1 is 0.500 bits per heavy atom. The molecule has 48 heavy (non-hydrogen) atoms. The maximum atomic E-state index is 12.4. The number of aliphatic hydroxyl groups is 2. The molecule has 0 saturated carbocycles. The van der Waals surface area contributed by atoms with Gasteiger partial charge < -0.3 is 15.5 Å². The average molecular weight is 676 g/mol. The summed E-state index contributed by atoms with van der Waals surface area (Å²) in [6.07, 6.45) is 51.0. The minimum atomic E-state index is -0.659. The van der Waals surface area contributed by atoms with Crippen LogP contribution < -0.4 is 5.32 Å². The molecule has 0 spiro atoms. The van der Waals surface area contributed by atoms with E-state index >= 15 is 0 Å². The molecule has 3 N–H and O–H groups in total. The smallest absolute Gasteiger partial charge is 0.220 e. The Bertz CT molecular complexity index is 691. The molecule has 0 fully saturated rings. The lowest BCUT2D eigenvalue weighted by Gasteiger charge is -2.22. The molecule has 0 aliphatic heterocycles. The molecule has 2 atom stereocenters. The normalized spacial score (nSPS) is 13.2. The van der Waals surface area contributed by atoms with E-state index in [1.807, 2.05) is 0 Å². The summed E-state index contributed by atoms with van der Waals surface area (Å²) in [4.78, 5) is 12.4. The predicted octanol–water partition coefficient (Wildman–Crippen LogP) is 13.2. The SMILES string of the molecule is CCCCCCC/C=C\C/C=C\CCCCCCCCCCCC(=O)NC(CO)C(O)CCCCCCCCCCCCCCCCC. The van der Waals surface area contributed by atoms with Crippen molar-refractivity contribution in [3.63, 3.8) is 0 Å². The molecule has 4 heteroatoms. The molecule has 0 heterocycles. The molecule has 0 aromatic carbocycles. The van der Waals surface area contributed by atoms with E-state index in [2.05, 4.69) is 43.5 Å². The minimum absolute atomic E-state index is 0.0348. The number of carbonyl (C=O) groups is 1. The van der Waals surface area contributed by atoms with Gasteiger partial charge in [0.25, 0.3) is 0 Å². The molecule has 284 valence electrons. The minimum Gasteiger partial charge on any atom is -0.394 e. The van der Waals surface area contributed by atoms with Gasteiger partial charge in [-0.25, -0.2) is 0 Å². The summed E-state index contributed by atoms with van der Waals surface area (Å²) in [6, 6.07) is -0.536. The fourth-order valence-corrected chi connectivity index (χ4v) is 6.63. The lowest BCUT2D eigenvalue weighted by molar-refractivity contribution is -0.123. The van der Waals surface area contributed by atoms with Crippen LogP contribution >= 0.6 is 0 Å². The van der Waals surface area contributed by atoms with Gasteiger partial charge in [-0.3, -0.25) is 4.79 Å². The maximum absolute atomic E-state index is 12.4. The molecule has 1 amide bonds. The zero-order valence-electron chi connectivity index (χ0n) is 32.5. The highest BCUT2D eigenvalue weighted by Gasteiger charge is 2.20.